The zero-order valence-corrected chi connectivity index (χ0v) is 13.0. The van der Waals surface area contributed by atoms with Crippen LogP contribution in [0.1, 0.15) is 32.3 Å². The summed E-state index contributed by atoms with van der Waals surface area (Å²) in [5.41, 5.74) is 1.89. The molecule has 0 spiro atoms. The van der Waals surface area contributed by atoms with Crippen molar-refractivity contribution in [3.8, 4) is 0 Å². The Morgan fingerprint density at radius 3 is 2.58 bits per heavy atom. The monoisotopic (exact) mass is 282 g/mol. The zero-order chi connectivity index (χ0) is 12.8. The molecule has 0 aromatic heterocycles. The molecule has 108 valence electrons. The normalized spacial score (nSPS) is 22.5. The predicted molar refractivity (Wildman–Crippen MR) is 84.9 cm³/mol. The second-order valence-electron chi connectivity index (χ2n) is 5.93. The maximum absolute atomic E-state index is 3.50. The third-order valence-corrected chi connectivity index (χ3v) is 3.85. The fourth-order valence-corrected chi connectivity index (χ4v) is 2.92. The van der Waals surface area contributed by atoms with Crippen molar-refractivity contribution in [1.82, 2.24) is 10.2 Å². The molecule has 1 saturated heterocycles. The molecule has 1 heterocycles. The minimum absolute atomic E-state index is 0. The Bertz CT molecular complexity index is 347. The van der Waals surface area contributed by atoms with Crippen molar-refractivity contribution >= 4 is 12.4 Å². The minimum Gasteiger partial charge on any atom is -0.316 e. The van der Waals surface area contributed by atoms with Gasteiger partial charge in [-0.25, -0.2) is 0 Å². The largest absolute Gasteiger partial charge is 0.316 e. The van der Waals surface area contributed by atoms with E-state index in [0.29, 0.717) is 5.41 Å². The van der Waals surface area contributed by atoms with Gasteiger partial charge in [0.15, 0.2) is 0 Å². The van der Waals surface area contributed by atoms with Gasteiger partial charge in [-0.15, -0.1) is 12.4 Å². The van der Waals surface area contributed by atoms with Gasteiger partial charge in [0.05, 0.1) is 0 Å². The molecule has 0 amide bonds. The molecule has 1 atom stereocenters. The van der Waals surface area contributed by atoms with Crippen LogP contribution in [-0.4, -0.2) is 31.1 Å². The van der Waals surface area contributed by atoms with Gasteiger partial charge in [-0.1, -0.05) is 44.2 Å². The van der Waals surface area contributed by atoms with Gasteiger partial charge in [-0.2, -0.15) is 0 Å². The van der Waals surface area contributed by atoms with Crippen molar-refractivity contribution in [2.75, 3.05) is 26.2 Å². The molecule has 19 heavy (non-hydrogen) atoms. The van der Waals surface area contributed by atoms with Crippen LogP contribution in [-0.2, 0) is 6.54 Å². The average Bonchev–Trinajstić information content (AvgIpc) is 2.77. The van der Waals surface area contributed by atoms with Crippen LogP contribution in [0.25, 0.3) is 0 Å². The number of rotatable bonds is 6. The first-order valence-corrected chi connectivity index (χ1v) is 7.19. The van der Waals surface area contributed by atoms with Gasteiger partial charge in [-0.05, 0) is 36.9 Å². The lowest BCUT2D eigenvalue weighted by molar-refractivity contribution is 0.171. The van der Waals surface area contributed by atoms with E-state index in [-0.39, 0.29) is 12.4 Å². The molecule has 0 aliphatic carbocycles. The van der Waals surface area contributed by atoms with Crippen molar-refractivity contribution < 1.29 is 0 Å². The molecule has 0 saturated carbocycles. The standard InChI is InChI=1S/C16H26N2.ClH/c1-3-11-18(12-15-7-5-4-6-8-15)14-16(2)9-10-17-13-16;/h4-8,17H,3,9-14H2,1-2H3;1H. The smallest absolute Gasteiger partial charge is 0.0233 e. The summed E-state index contributed by atoms with van der Waals surface area (Å²) in [5, 5.41) is 3.50. The first-order valence-electron chi connectivity index (χ1n) is 7.19. The van der Waals surface area contributed by atoms with Gasteiger partial charge in [-0.3, -0.25) is 4.90 Å². The van der Waals surface area contributed by atoms with Crippen LogP contribution >= 0.6 is 12.4 Å². The molecule has 0 radical (unpaired) electrons. The van der Waals surface area contributed by atoms with Gasteiger partial charge >= 0.3 is 0 Å². The quantitative estimate of drug-likeness (QED) is 0.861. The lowest BCUT2D eigenvalue weighted by Crippen LogP contribution is -2.37. The van der Waals surface area contributed by atoms with Gasteiger partial charge in [0.1, 0.15) is 0 Å². The van der Waals surface area contributed by atoms with Crippen LogP contribution in [0.15, 0.2) is 30.3 Å². The lowest BCUT2D eigenvalue weighted by atomic mass is 9.89. The van der Waals surface area contributed by atoms with Gasteiger partial charge in [0.25, 0.3) is 0 Å². The molecule has 2 nitrogen and oxygen atoms in total. The van der Waals surface area contributed by atoms with Gasteiger partial charge < -0.3 is 5.32 Å². The number of hydrogen-bond acceptors (Lipinski definition) is 2. The maximum Gasteiger partial charge on any atom is 0.0233 e. The van der Waals surface area contributed by atoms with E-state index in [1.807, 2.05) is 0 Å². The Kier molecular flexibility index (Phi) is 6.84. The van der Waals surface area contributed by atoms with Gasteiger partial charge in [0, 0.05) is 19.6 Å². The van der Waals surface area contributed by atoms with E-state index < -0.39 is 0 Å². The molecule has 3 heteroatoms. The summed E-state index contributed by atoms with van der Waals surface area (Å²) >= 11 is 0. The van der Waals surface area contributed by atoms with E-state index in [2.05, 4.69) is 54.4 Å². The van der Waals surface area contributed by atoms with Crippen molar-refractivity contribution in [2.24, 2.45) is 5.41 Å². The lowest BCUT2D eigenvalue weighted by Gasteiger charge is -2.32. The Morgan fingerprint density at radius 1 is 1.26 bits per heavy atom. The van der Waals surface area contributed by atoms with E-state index in [1.54, 1.807) is 0 Å². The fourth-order valence-electron chi connectivity index (χ4n) is 2.92. The Hall–Kier alpha value is -0.570. The zero-order valence-electron chi connectivity index (χ0n) is 12.2. The molecular weight excluding hydrogens is 256 g/mol. The first-order chi connectivity index (χ1) is 8.72. The first kappa shape index (κ1) is 16.5. The van der Waals surface area contributed by atoms with Crippen molar-refractivity contribution in [1.29, 1.82) is 0 Å². The third-order valence-electron chi connectivity index (χ3n) is 3.85. The van der Waals surface area contributed by atoms with E-state index in [1.165, 1.54) is 44.6 Å². The summed E-state index contributed by atoms with van der Waals surface area (Å²) in [5.74, 6) is 0. The second-order valence-corrected chi connectivity index (χ2v) is 5.93. The highest BCUT2D eigenvalue weighted by Gasteiger charge is 2.30. The van der Waals surface area contributed by atoms with Crippen molar-refractivity contribution in [3.05, 3.63) is 35.9 Å². The SMILES string of the molecule is CCCN(Cc1ccccc1)CC1(C)CCNC1.Cl. The van der Waals surface area contributed by atoms with E-state index in [4.69, 9.17) is 0 Å². The highest BCUT2D eigenvalue weighted by Crippen LogP contribution is 2.26. The number of halogens is 1. The number of hydrogen-bond donors (Lipinski definition) is 1. The number of nitrogens with zero attached hydrogens (tertiary/aromatic N) is 1. The average molecular weight is 283 g/mol. The van der Waals surface area contributed by atoms with E-state index in [0.717, 1.165) is 6.54 Å². The highest BCUT2D eigenvalue weighted by atomic mass is 35.5. The molecule has 1 aliphatic heterocycles. The highest BCUT2D eigenvalue weighted by molar-refractivity contribution is 5.85. The summed E-state index contributed by atoms with van der Waals surface area (Å²) in [6.07, 6.45) is 2.54. The van der Waals surface area contributed by atoms with Crippen LogP contribution in [0.5, 0.6) is 0 Å². The molecule has 0 bridgehead atoms. The second kappa shape index (κ2) is 7.88. The molecule has 1 unspecified atom stereocenters. The van der Waals surface area contributed by atoms with Crippen molar-refractivity contribution in [2.45, 2.75) is 33.2 Å². The van der Waals surface area contributed by atoms with Crippen LogP contribution in [0.2, 0.25) is 0 Å². The summed E-state index contributed by atoms with van der Waals surface area (Å²) < 4.78 is 0. The van der Waals surface area contributed by atoms with Gasteiger partial charge in [0.2, 0.25) is 0 Å². The Balaban J connectivity index is 0.00000180. The van der Waals surface area contributed by atoms with Crippen LogP contribution in [0.4, 0.5) is 0 Å². The number of benzene rings is 1. The summed E-state index contributed by atoms with van der Waals surface area (Å²) in [6, 6.07) is 10.8. The van der Waals surface area contributed by atoms with Crippen LogP contribution in [0.3, 0.4) is 0 Å². The minimum atomic E-state index is 0. The van der Waals surface area contributed by atoms with Crippen LogP contribution in [0, 0.1) is 5.41 Å². The maximum atomic E-state index is 3.50. The van der Waals surface area contributed by atoms with Crippen LogP contribution < -0.4 is 5.32 Å². The van der Waals surface area contributed by atoms with E-state index >= 15 is 0 Å². The molecule has 1 aliphatic rings. The summed E-state index contributed by atoms with van der Waals surface area (Å²) in [4.78, 5) is 2.61. The molecular formula is C16H27ClN2. The molecule has 1 fully saturated rings. The van der Waals surface area contributed by atoms with E-state index in [9.17, 15) is 0 Å². The van der Waals surface area contributed by atoms with Crippen molar-refractivity contribution in [3.63, 3.8) is 0 Å². The third kappa shape index (κ3) is 5.13. The number of nitrogens with one attached hydrogen (secondary N) is 1. The topological polar surface area (TPSA) is 15.3 Å². The fraction of sp³-hybridized carbons (Fsp3) is 0.625. The Morgan fingerprint density at radius 2 is 2.00 bits per heavy atom. The Labute approximate surface area is 124 Å². The predicted octanol–water partition coefficient (Wildman–Crippen LogP) is 3.32. The molecule has 1 aromatic carbocycles. The molecule has 1 N–H and O–H groups in total. The summed E-state index contributed by atoms with van der Waals surface area (Å²) in [6.45, 7) is 10.5. The molecule has 1 aromatic rings. The summed E-state index contributed by atoms with van der Waals surface area (Å²) in [7, 11) is 0. The molecule has 2 rings (SSSR count).